The highest BCUT2D eigenvalue weighted by Gasteiger charge is 2.25. The first-order chi connectivity index (χ1) is 15.1. The monoisotopic (exact) mass is 411 g/mol. The molecule has 0 saturated heterocycles. The van der Waals surface area contributed by atoms with E-state index in [9.17, 15) is 9.59 Å². The summed E-state index contributed by atoms with van der Waals surface area (Å²) >= 11 is 0. The molecule has 1 unspecified atom stereocenters. The van der Waals surface area contributed by atoms with E-state index >= 15 is 0 Å². The Hall–Kier alpha value is -3.73. The third-order valence-electron chi connectivity index (χ3n) is 5.52. The molecule has 156 valence electrons. The molecule has 0 aliphatic heterocycles. The predicted octanol–water partition coefficient (Wildman–Crippen LogP) is 4.54. The lowest BCUT2D eigenvalue weighted by Crippen LogP contribution is -2.38. The SMILES string of the molecule is CCN(C(=O)Cc1ccccc1)C(C)c1nc2ccccc2c(=O)n1-c1ccccc1. The Morgan fingerprint density at radius 3 is 2.23 bits per heavy atom. The predicted molar refractivity (Wildman–Crippen MR) is 123 cm³/mol. The lowest BCUT2D eigenvalue weighted by Gasteiger charge is -2.29. The molecule has 0 fully saturated rings. The minimum atomic E-state index is -0.376. The van der Waals surface area contributed by atoms with Gasteiger partial charge in [-0.15, -0.1) is 0 Å². The molecule has 0 aliphatic rings. The zero-order valence-corrected chi connectivity index (χ0v) is 17.7. The summed E-state index contributed by atoms with van der Waals surface area (Å²) in [5.41, 5.74) is 2.20. The van der Waals surface area contributed by atoms with Gasteiger partial charge >= 0.3 is 0 Å². The highest BCUT2D eigenvalue weighted by Crippen LogP contribution is 2.23. The fourth-order valence-electron chi connectivity index (χ4n) is 3.93. The number of likely N-dealkylation sites (N-methyl/N-ethyl adjacent to an activating group) is 1. The lowest BCUT2D eigenvalue weighted by atomic mass is 10.1. The van der Waals surface area contributed by atoms with Crippen LogP contribution in [0.25, 0.3) is 16.6 Å². The molecule has 5 heteroatoms. The van der Waals surface area contributed by atoms with E-state index in [1.165, 1.54) is 0 Å². The number of hydrogen-bond acceptors (Lipinski definition) is 3. The van der Waals surface area contributed by atoms with Crippen molar-refractivity contribution in [3.8, 4) is 5.69 Å². The summed E-state index contributed by atoms with van der Waals surface area (Å²) in [5.74, 6) is 0.557. The van der Waals surface area contributed by atoms with Gasteiger partial charge in [0.05, 0.1) is 29.1 Å². The zero-order valence-electron chi connectivity index (χ0n) is 17.7. The smallest absolute Gasteiger partial charge is 0.266 e. The number of rotatable bonds is 6. The molecule has 0 spiro atoms. The van der Waals surface area contributed by atoms with Gasteiger partial charge in [0.25, 0.3) is 5.56 Å². The molecule has 1 amide bonds. The second-order valence-corrected chi connectivity index (χ2v) is 7.48. The van der Waals surface area contributed by atoms with Crippen molar-refractivity contribution in [3.05, 3.63) is 107 Å². The number of carbonyl (C=O) groups excluding carboxylic acids is 1. The summed E-state index contributed by atoms with van der Waals surface area (Å²) in [5, 5.41) is 0.556. The standard InChI is InChI=1S/C26H25N3O2/c1-3-28(24(30)18-20-12-6-4-7-13-20)19(2)25-27-23-17-11-10-16-22(23)26(31)29(25)21-14-8-5-9-15-21/h4-17,19H,3,18H2,1-2H3. The fraction of sp³-hybridized carbons (Fsp3) is 0.192. The minimum absolute atomic E-state index is 0.00298. The van der Waals surface area contributed by atoms with Gasteiger partial charge in [0, 0.05) is 6.54 Å². The van der Waals surface area contributed by atoms with Crippen LogP contribution in [0, 0.1) is 0 Å². The third kappa shape index (κ3) is 4.12. The Kier molecular flexibility index (Phi) is 5.94. The van der Waals surface area contributed by atoms with Crippen LogP contribution >= 0.6 is 0 Å². The van der Waals surface area contributed by atoms with Crippen LogP contribution in [0.15, 0.2) is 89.7 Å². The van der Waals surface area contributed by atoms with E-state index < -0.39 is 0 Å². The molecule has 0 radical (unpaired) electrons. The van der Waals surface area contributed by atoms with Crippen molar-refractivity contribution >= 4 is 16.8 Å². The fourth-order valence-corrected chi connectivity index (χ4v) is 3.93. The van der Waals surface area contributed by atoms with Gasteiger partial charge in [0.2, 0.25) is 5.91 Å². The van der Waals surface area contributed by atoms with Crippen LogP contribution < -0.4 is 5.56 Å². The van der Waals surface area contributed by atoms with Crippen molar-refractivity contribution in [2.45, 2.75) is 26.3 Å². The van der Waals surface area contributed by atoms with Gasteiger partial charge in [-0.05, 0) is 43.7 Å². The molecule has 4 rings (SSSR count). The van der Waals surface area contributed by atoms with E-state index in [2.05, 4.69) is 0 Å². The number of aromatic nitrogens is 2. The quantitative estimate of drug-likeness (QED) is 0.468. The second kappa shape index (κ2) is 8.96. The molecule has 0 saturated carbocycles. The van der Waals surface area contributed by atoms with Crippen molar-refractivity contribution in [2.75, 3.05) is 6.54 Å². The summed E-state index contributed by atoms with van der Waals surface area (Å²) < 4.78 is 1.63. The van der Waals surface area contributed by atoms with Gasteiger partial charge in [-0.25, -0.2) is 4.98 Å². The largest absolute Gasteiger partial charge is 0.333 e. The number of fused-ring (bicyclic) bond motifs is 1. The first-order valence-corrected chi connectivity index (χ1v) is 10.5. The lowest BCUT2D eigenvalue weighted by molar-refractivity contribution is -0.132. The van der Waals surface area contributed by atoms with Gasteiger partial charge in [-0.3, -0.25) is 14.2 Å². The molecule has 5 nitrogen and oxygen atoms in total. The van der Waals surface area contributed by atoms with E-state index in [4.69, 9.17) is 4.98 Å². The van der Waals surface area contributed by atoms with E-state index in [0.717, 1.165) is 11.3 Å². The first-order valence-electron chi connectivity index (χ1n) is 10.5. The summed E-state index contributed by atoms with van der Waals surface area (Å²) in [4.78, 5) is 33.2. The number of carbonyl (C=O) groups is 1. The Morgan fingerprint density at radius 2 is 1.55 bits per heavy atom. The Labute approximate surface area is 181 Å². The van der Waals surface area contributed by atoms with Crippen LogP contribution in [-0.2, 0) is 11.2 Å². The normalized spacial score (nSPS) is 11.9. The van der Waals surface area contributed by atoms with E-state index in [0.29, 0.717) is 29.7 Å². The maximum Gasteiger partial charge on any atom is 0.266 e. The van der Waals surface area contributed by atoms with E-state index in [1.807, 2.05) is 92.7 Å². The third-order valence-corrected chi connectivity index (χ3v) is 5.52. The number of hydrogen-bond donors (Lipinski definition) is 0. The minimum Gasteiger partial charge on any atom is -0.333 e. The molecule has 1 heterocycles. The first kappa shape index (κ1) is 20.5. The molecule has 1 atom stereocenters. The number of para-hydroxylation sites is 2. The van der Waals surface area contributed by atoms with Gasteiger partial charge in [0.1, 0.15) is 5.82 Å². The van der Waals surface area contributed by atoms with E-state index in [1.54, 1.807) is 15.5 Å². The molecule has 0 N–H and O–H groups in total. The molecule has 31 heavy (non-hydrogen) atoms. The zero-order chi connectivity index (χ0) is 21.8. The van der Waals surface area contributed by atoms with Gasteiger partial charge in [0.15, 0.2) is 0 Å². The summed E-state index contributed by atoms with van der Waals surface area (Å²) in [6, 6.07) is 26.1. The van der Waals surface area contributed by atoms with Gasteiger partial charge in [-0.1, -0.05) is 60.7 Å². The molecule has 1 aromatic heterocycles. The number of amides is 1. The van der Waals surface area contributed by atoms with Crippen LogP contribution in [0.2, 0.25) is 0 Å². The topological polar surface area (TPSA) is 55.2 Å². The average Bonchev–Trinajstić information content (AvgIpc) is 2.80. The Morgan fingerprint density at radius 1 is 0.935 bits per heavy atom. The second-order valence-electron chi connectivity index (χ2n) is 7.48. The Balaban J connectivity index is 1.81. The molecular formula is C26H25N3O2. The maximum absolute atomic E-state index is 13.4. The van der Waals surface area contributed by atoms with Crippen molar-refractivity contribution in [1.29, 1.82) is 0 Å². The number of nitrogens with zero attached hydrogens (tertiary/aromatic N) is 3. The molecule has 0 bridgehead atoms. The van der Waals surface area contributed by atoms with Crippen molar-refractivity contribution < 1.29 is 4.79 Å². The maximum atomic E-state index is 13.4. The van der Waals surface area contributed by atoms with Crippen LogP contribution in [0.1, 0.15) is 31.3 Å². The molecular weight excluding hydrogens is 386 g/mol. The van der Waals surface area contributed by atoms with Crippen molar-refractivity contribution in [3.63, 3.8) is 0 Å². The summed E-state index contributed by atoms with van der Waals surface area (Å²) in [6.07, 6.45) is 0.308. The summed E-state index contributed by atoms with van der Waals surface area (Å²) in [6.45, 7) is 4.40. The Bertz CT molecular complexity index is 1250. The van der Waals surface area contributed by atoms with Crippen LogP contribution in [0.5, 0.6) is 0 Å². The molecule has 0 aliphatic carbocycles. The molecule has 3 aromatic carbocycles. The summed E-state index contributed by atoms with van der Waals surface area (Å²) in [7, 11) is 0. The average molecular weight is 412 g/mol. The number of benzene rings is 3. The van der Waals surface area contributed by atoms with Crippen molar-refractivity contribution in [1.82, 2.24) is 14.5 Å². The highest BCUT2D eigenvalue weighted by molar-refractivity contribution is 5.80. The van der Waals surface area contributed by atoms with Gasteiger partial charge in [-0.2, -0.15) is 0 Å². The molecule has 4 aromatic rings. The van der Waals surface area contributed by atoms with Crippen LogP contribution in [0.4, 0.5) is 0 Å². The van der Waals surface area contributed by atoms with Crippen LogP contribution in [-0.4, -0.2) is 26.9 Å². The van der Waals surface area contributed by atoms with Crippen LogP contribution in [0.3, 0.4) is 0 Å². The van der Waals surface area contributed by atoms with E-state index in [-0.39, 0.29) is 17.5 Å². The van der Waals surface area contributed by atoms with Crippen molar-refractivity contribution in [2.24, 2.45) is 0 Å². The van der Waals surface area contributed by atoms with Gasteiger partial charge < -0.3 is 4.90 Å². The highest BCUT2D eigenvalue weighted by atomic mass is 16.2.